The lowest BCUT2D eigenvalue weighted by Crippen LogP contribution is -2.37. The Labute approximate surface area is 184 Å². The molecule has 0 aliphatic heterocycles. The second-order valence-corrected chi connectivity index (χ2v) is 6.66. The van der Waals surface area contributed by atoms with E-state index in [0.29, 0.717) is 12.4 Å². The Morgan fingerprint density at radius 2 is 1.86 bits per heavy atom. The molecular weight excluding hydrogens is 471 g/mol. The van der Waals surface area contributed by atoms with Gasteiger partial charge in [-0.15, -0.1) is 24.0 Å². The van der Waals surface area contributed by atoms with Gasteiger partial charge < -0.3 is 19.7 Å². The van der Waals surface area contributed by atoms with Gasteiger partial charge in [-0.1, -0.05) is 38.0 Å². The number of hydrogen-bond acceptors (Lipinski definition) is 6. The molecule has 158 valence electrons. The molecule has 0 saturated carbocycles. The van der Waals surface area contributed by atoms with Crippen LogP contribution in [-0.2, 0) is 25.8 Å². The van der Waals surface area contributed by atoms with Crippen molar-refractivity contribution in [1.29, 1.82) is 0 Å². The number of aryl methyl sites for hydroxylation is 3. The van der Waals surface area contributed by atoms with Crippen LogP contribution in [0.5, 0.6) is 0 Å². The Morgan fingerprint density at radius 3 is 2.46 bits per heavy atom. The van der Waals surface area contributed by atoms with Crippen LogP contribution in [0.15, 0.2) is 14.0 Å². The van der Waals surface area contributed by atoms with E-state index in [-0.39, 0.29) is 29.9 Å². The molecule has 2 rings (SSSR count). The normalized spacial score (nSPS) is 11.6. The first-order valence-corrected chi connectivity index (χ1v) is 9.89. The van der Waals surface area contributed by atoms with Gasteiger partial charge in [0.2, 0.25) is 5.89 Å². The Kier molecular flexibility index (Phi) is 11.1. The van der Waals surface area contributed by atoms with Crippen molar-refractivity contribution in [3.05, 3.63) is 28.7 Å². The maximum atomic E-state index is 5.41. The molecule has 9 heteroatoms. The standard InChI is InChI=1S/C19H32N6O2.HI/c1-6-15-14(16(7-2)26-24-15)12-22-19(20-8-3)21-11-9-10-17-23-18(13(4)5)25-27-17;/h13H,6-12H2,1-5H3,(H2,20,21,22);1H. The van der Waals surface area contributed by atoms with Crippen molar-refractivity contribution >= 4 is 29.9 Å². The highest BCUT2D eigenvalue weighted by Gasteiger charge is 2.13. The smallest absolute Gasteiger partial charge is 0.226 e. The molecule has 28 heavy (non-hydrogen) atoms. The number of nitrogens with zero attached hydrogens (tertiary/aromatic N) is 4. The largest absolute Gasteiger partial charge is 0.361 e. The number of rotatable bonds is 10. The molecule has 0 spiro atoms. The second kappa shape index (κ2) is 12.7. The Bertz CT molecular complexity index is 704. The van der Waals surface area contributed by atoms with Crippen LogP contribution in [0.25, 0.3) is 0 Å². The molecule has 0 aliphatic carbocycles. The SMILES string of the molecule is CCNC(=NCc1c(CC)noc1CC)NCCCc1nc(C(C)C)no1.I. The molecule has 0 saturated heterocycles. The Hall–Kier alpha value is -1.65. The number of guanidine groups is 1. The molecule has 0 amide bonds. The molecule has 0 aromatic carbocycles. The van der Waals surface area contributed by atoms with Gasteiger partial charge in [-0.3, -0.25) is 0 Å². The maximum Gasteiger partial charge on any atom is 0.226 e. The van der Waals surface area contributed by atoms with E-state index in [1.54, 1.807) is 0 Å². The third-order valence-electron chi connectivity index (χ3n) is 4.21. The van der Waals surface area contributed by atoms with Crippen LogP contribution in [0.4, 0.5) is 0 Å². The Balaban J connectivity index is 0.00000392. The third-order valence-corrected chi connectivity index (χ3v) is 4.21. The number of aliphatic imine (C=N–C) groups is 1. The Morgan fingerprint density at radius 1 is 1.07 bits per heavy atom. The van der Waals surface area contributed by atoms with Gasteiger partial charge in [0.15, 0.2) is 11.8 Å². The molecule has 2 N–H and O–H groups in total. The van der Waals surface area contributed by atoms with E-state index >= 15 is 0 Å². The maximum absolute atomic E-state index is 5.41. The fourth-order valence-electron chi connectivity index (χ4n) is 2.67. The summed E-state index contributed by atoms with van der Waals surface area (Å²) >= 11 is 0. The van der Waals surface area contributed by atoms with Gasteiger partial charge in [0.25, 0.3) is 0 Å². The van der Waals surface area contributed by atoms with E-state index in [2.05, 4.69) is 65.5 Å². The second-order valence-electron chi connectivity index (χ2n) is 6.66. The van der Waals surface area contributed by atoms with Crippen molar-refractivity contribution < 1.29 is 9.05 Å². The molecule has 0 unspecified atom stereocenters. The van der Waals surface area contributed by atoms with Crippen LogP contribution in [-0.4, -0.2) is 34.3 Å². The molecule has 2 aromatic rings. The summed E-state index contributed by atoms with van der Waals surface area (Å²) in [5.74, 6) is 3.44. The first-order chi connectivity index (χ1) is 13.1. The molecular formula is C19H33IN6O2. The van der Waals surface area contributed by atoms with Crippen molar-refractivity contribution in [2.45, 2.75) is 72.8 Å². The quantitative estimate of drug-likeness (QED) is 0.221. The zero-order valence-corrected chi connectivity index (χ0v) is 19.9. The summed E-state index contributed by atoms with van der Waals surface area (Å²) < 4.78 is 10.7. The number of nitrogens with one attached hydrogen (secondary N) is 2. The van der Waals surface area contributed by atoms with Crippen LogP contribution < -0.4 is 10.6 Å². The van der Waals surface area contributed by atoms with Crippen LogP contribution in [0.2, 0.25) is 0 Å². The number of halogens is 1. The molecule has 8 nitrogen and oxygen atoms in total. The van der Waals surface area contributed by atoms with Crippen molar-refractivity contribution in [2.24, 2.45) is 4.99 Å². The minimum absolute atomic E-state index is 0. The van der Waals surface area contributed by atoms with Gasteiger partial charge in [0.05, 0.1) is 12.2 Å². The summed E-state index contributed by atoms with van der Waals surface area (Å²) in [6.07, 6.45) is 3.31. The molecule has 0 radical (unpaired) electrons. The summed E-state index contributed by atoms with van der Waals surface area (Å²) in [5.41, 5.74) is 2.09. The molecule has 0 atom stereocenters. The van der Waals surface area contributed by atoms with Crippen LogP contribution >= 0.6 is 24.0 Å². The van der Waals surface area contributed by atoms with Crippen molar-refractivity contribution in [3.63, 3.8) is 0 Å². The first kappa shape index (κ1) is 24.4. The van der Waals surface area contributed by atoms with Gasteiger partial charge >= 0.3 is 0 Å². The zero-order valence-electron chi connectivity index (χ0n) is 17.5. The highest BCUT2D eigenvalue weighted by Crippen LogP contribution is 2.16. The predicted molar refractivity (Wildman–Crippen MR) is 120 cm³/mol. The van der Waals surface area contributed by atoms with E-state index in [1.165, 1.54) is 0 Å². The van der Waals surface area contributed by atoms with Gasteiger partial charge in [0.1, 0.15) is 5.76 Å². The van der Waals surface area contributed by atoms with Gasteiger partial charge in [-0.05, 0) is 19.8 Å². The lowest BCUT2D eigenvalue weighted by atomic mass is 10.1. The molecule has 2 aromatic heterocycles. The highest BCUT2D eigenvalue weighted by molar-refractivity contribution is 14.0. The minimum atomic E-state index is 0. The van der Waals surface area contributed by atoms with Crippen molar-refractivity contribution in [3.8, 4) is 0 Å². The summed E-state index contributed by atoms with van der Waals surface area (Å²) in [6.45, 7) is 12.4. The number of aromatic nitrogens is 3. The van der Waals surface area contributed by atoms with Crippen molar-refractivity contribution in [2.75, 3.05) is 13.1 Å². The summed E-state index contributed by atoms with van der Waals surface area (Å²) in [5, 5.41) is 14.8. The monoisotopic (exact) mass is 504 g/mol. The van der Waals surface area contributed by atoms with Crippen LogP contribution in [0, 0.1) is 0 Å². The van der Waals surface area contributed by atoms with E-state index in [0.717, 1.165) is 67.6 Å². The van der Waals surface area contributed by atoms with E-state index < -0.39 is 0 Å². The van der Waals surface area contributed by atoms with Gasteiger partial charge in [0, 0.05) is 37.4 Å². The average Bonchev–Trinajstić information content (AvgIpc) is 3.29. The zero-order chi connectivity index (χ0) is 19.6. The summed E-state index contributed by atoms with van der Waals surface area (Å²) in [4.78, 5) is 9.09. The van der Waals surface area contributed by atoms with Gasteiger partial charge in [-0.2, -0.15) is 4.98 Å². The average molecular weight is 504 g/mol. The molecule has 2 heterocycles. The lowest BCUT2D eigenvalue weighted by molar-refractivity contribution is 0.368. The van der Waals surface area contributed by atoms with E-state index in [1.807, 2.05) is 0 Å². The van der Waals surface area contributed by atoms with Gasteiger partial charge in [-0.25, -0.2) is 4.99 Å². The minimum Gasteiger partial charge on any atom is -0.361 e. The predicted octanol–water partition coefficient (Wildman–Crippen LogP) is 3.61. The fourth-order valence-corrected chi connectivity index (χ4v) is 2.67. The fraction of sp³-hybridized carbons (Fsp3) is 0.684. The highest BCUT2D eigenvalue weighted by atomic mass is 127. The summed E-state index contributed by atoms with van der Waals surface area (Å²) in [6, 6.07) is 0. The molecule has 0 fully saturated rings. The van der Waals surface area contributed by atoms with Crippen LogP contribution in [0.1, 0.15) is 75.7 Å². The van der Waals surface area contributed by atoms with E-state index in [9.17, 15) is 0 Å². The number of hydrogen-bond donors (Lipinski definition) is 2. The summed E-state index contributed by atoms with van der Waals surface area (Å²) in [7, 11) is 0. The third kappa shape index (κ3) is 7.06. The first-order valence-electron chi connectivity index (χ1n) is 9.89. The molecule has 0 bridgehead atoms. The molecule has 0 aliphatic rings. The van der Waals surface area contributed by atoms with Crippen molar-refractivity contribution in [1.82, 2.24) is 25.9 Å². The lowest BCUT2D eigenvalue weighted by Gasteiger charge is -2.10. The van der Waals surface area contributed by atoms with E-state index in [4.69, 9.17) is 9.05 Å². The van der Waals surface area contributed by atoms with Crippen LogP contribution in [0.3, 0.4) is 0 Å². The topological polar surface area (TPSA) is 101 Å².